The molecule has 1 aliphatic heterocycles. The largest absolute Gasteiger partial charge is 0.352 e. The van der Waals surface area contributed by atoms with Gasteiger partial charge in [-0.2, -0.15) is 12.7 Å². The minimum atomic E-state index is -3.81. The van der Waals surface area contributed by atoms with Crippen LogP contribution in [0.1, 0.15) is 11.1 Å². The average molecular weight is 462 g/mol. The number of fused-ring (bicyclic) bond motifs is 2. The molecule has 4 N–H and O–H groups in total. The number of benzene rings is 1. The number of rotatable bonds is 3. The lowest BCUT2D eigenvalue weighted by atomic mass is 10.00. The summed E-state index contributed by atoms with van der Waals surface area (Å²) in [6, 6.07) is 7.66. The van der Waals surface area contributed by atoms with E-state index in [4.69, 9.17) is 5.14 Å². The standard InChI is InChI=1S/C17H16FN5O3S.2ClH/c18-13-7-11-9-23(27(19,25)26)6-4-10(11)8-15(13)21-14-3-5-20-17-12(14)1-2-16(24)22-17;;/h1-3,5,7-8H,4,6,9H2,(H2,19,25,26)(H2,20,21,22,24);2*1H. The molecule has 1 aromatic carbocycles. The molecule has 0 radical (unpaired) electrons. The summed E-state index contributed by atoms with van der Waals surface area (Å²) in [4.78, 5) is 18.2. The van der Waals surface area contributed by atoms with E-state index in [1.165, 1.54) is 18.3 Å². The number of halogens is 3. The summed E-state index contributed by atoms with van der Waals surface area (Å²) in [6.45, 7) is 0.293. The summed E-state index contributed by atoms with van der Waals surface area (Å²) >= 11 is 0. The van der Waals surface area contributed by atoms with Crippen LogP contribution in [0.4, 0.5) is 15.8 Å². The van der Waals surface area contributed by atoms with Crippen molar-refractivity contribution in [3.05, 3.63) is 63.8 Å². The Hall–Kier alpha value is -2.24. The third kappa shape index (κ3) is 4.68. The molecule has 2 aromatic heterocycles. The molecule has 0 aliphatic carbocycles. The first kappa shape index (κ1) is 23.0. The Kier molecular flexibility index (Phi) is 6.86. The van der Waals surface area contributed by atoms with E-state index in [1.807, 2.05) is 0 Å². The van der Waals surface area contributed by atoms with E-state index in [9.17, 15) is 17.6 Å². The second-order valence-electron chi connectivity index (χ2n) is 6.30. The molecule has 0 fully saturated rings. The highest BCUT2D eigenvalue weighted by Crippen LogP contribution is 2.30. The number of nitrogens with two attached hydrogens (primary N) is 1. The topological polar surface area (TPSA) is 121 Å². The van der Waals surface area contributed by atoms with Crippen LogP contribution < -0.4 is 16.0 Å². The van der Waals surface area contributed by atoms with E-state index in [0.29, 0.717) is 28.7 Å². The van der Waals surface area contributed by atoms with E-state index in [0.717, 1.165) is 9.87 Å². The van der Waals surface area contributed by atoms with E-state index in [-0.39, 0.29) is 49.2 Å². The van der Waals surface area contributed by atoms with Crippen molar-refractivity contribution in [1.82, 2.24) is 14.3 Å². The number of hydrogen-bond acceptors (Lipinski definition) is 5. The van der Waals surface area contributed by atoms with E-state index in [2.05, 4.69) is 15.3 Å². The van der Waals surface area contributed by atoms with Crippen LogP contribution in [0.15, 0.2) is 41.3 Å². The van der Waals surface area contributed by atoms with Gasteiger partial charge in [-0.25, -0.2) is 14.5 Å². The summed E-state index contributed by atoms with van der Waals surface area (Å²) in [5, 5.41) is 8.84. The van der Waals surface area contributed by atoms with Gasteiger partial charge in [0.15, 0.2) is 0 Å². The summed E-state index contributed by atoms with van der Waals surface area (Å²) < 4.78 is 38.7. The smallest absolute Gasteiger partial charge is 0.277 e. The van der Waals surface area contributed by atoms with Crippen molar-refractivity contribution in [2.45, 2.75) is 13.0 Å². The number of aromatic amines is 1. The van der Waals surface area contributed by atoms with Crippen LogP contribution >= 0.6 is 24.8 Å². The quantitative estimate of drug-likeness (QED) is 0.551. The van der Waals surface area contributed by atoms with Crippen LogP contribution in [-0.4, -0.2) is 29.2 Å². The number of aromatic nitrogens is 2. The van der Waals surface area contributed by atoms with Gasteiger partial charge in [-0.05, 0) is 41.8 Å². The molecule has 0 bridgehead atoms. The van der Waals surface area contributed by atoms with Crippen LogP contribution in [0.25, 0.3) is 11.0 Å². The van der Waals surface area contributed by atoms with Gasteiger partial charge in [0.25, 0.3) is 10.2 Å². The van der Waals surface area contributed by atoms with Gasteiger partial charge in [-0.3, -0.25) is 4.79 Å². The molecular formula is C17H18Cl2FN5O3S. The van der Waals surface area contributed by atoms with Crippen molar-refractivity contribution in [1.29, 1.82) is 0 Å². The van der Waals surface area contributed by atoms with E-state index < -0.39 is 16.0 Å². The number of anilines is 2. The predicted octanol–water partition coefficient (Wildman–Crippen LogP) is 2.21. The summed E-state index contributed by atoms with van der Waals surface area (Å²) in [5.74, 6) is -0.514. The molecular weight excluding hydrogens is 444 g/mol. The average Bonchev–Trinajstić information content (AvgIpc) is 2.61. The van der Waals surface area contributed by atoms with Crippen LogP contribution in [-0.2, 0) is 23.2 Å². The van der Waals surface area contributed by atoms with E-state index in [1.54, 1.807) is 18.2 Å². The molecule has 12 heteroatoms. The molecule has 3 aromatic rings. The summed E-state index contributed by atoms with van der Waals surface area (Å²) in [5.41, 5.74) is 2.42. The lowest BCUT2D eigenvalue weighted by Crippen LogP contribution is -2.40. The van der Waals surface area contributed by atoms with Gasteiger partial charge in [0.1, 0.15) is 11.5 Å². The highest BCUT2D eigenvalue weighted by molar-refractivity contribution is 7.86. The van der Waals surface area contributed by atoms with Gasteiger partial charge in [0.2, 0.25) is 5.56 Å². The lowest BCUT2D eigenvalue weighted by Gasteiger charge is -2.27. The Balaban J connectivity index is 0.00000150. The molecule has 8 nitrogen and oxygen atoms in total. The molecule has 156 valence electrons. The zero-order valence-corrected chi connectivity index (χ0v) is 17.3. The first-order valence-electron chi connectivity index (χ1n) is 8.15. The number of H-pyrrole nitrogens is 1. The first-order valence-corrected chi connectivity index (χ1v) is 9.66. The lowest BCUT2D eigenvalue weighted by molar-refractivity contribution is 0.391. The van der Waals surface area contributed by atoms with Crippen LogP contribution in [0.3, 0.4) is 0 Å². The van der Waals surface area contributed by atoms with Gasteiger partial charge in [0, 0.05) is 30.7 Å². The summed E-state index contributed by atoms with van der Waals surface area (Å²) in [6.07, 6.45) is 1.95. The fraction of sp³-hybridized carbons (Fsp3) is 0.176. The predicted molar refractivity (Wildman–Crippen MR) is 114 cm³/mol. The van der Waals surface area contributed by atoms with Crippen molar-refractivity contribution in [3.63, 3.8) is 0 Å². The molecule has 4 rings (SSSR count). The van der Waals surface area contributed by atoms with Crippen molar-refractivity contribution in [2.75, 3.05) is 11.9 Å². The Morgan fingerprint density at radius 3 is 2.62 bits per heavy atom. The third-order valence-electron chi connectivity index (χ3n) is 4.53. The van der Waals surface area contributed by atoms with Crippen molar-refractivity contribution in [2.24, 2.45) is 5.14 Å². The number of nitrogens with zero attached hydrogens (tertiary/aromatic N) is 2. The molecule has 0 saturated heterocycles. The fourth-order valence-corrected chi connectivity index (χ4v) is 3.84. The monoisotopic (exact) mass is 461 g/mol. The van der Waals surface area contributed by atoms with Crippen LogP contribution in [0.2, 0.25) is 0 Å². The SMILES string of the molecule is Cl.Cl.NS(=O)(=O)N1CCc2cc(Nc3ccnc4[nH]c(=O)ccc34)c(F)cc2C1. The highest BCUT2D eigenvalue weighted by Gasteiger charge is 2.25. The van der Waals surface area contributed by atoms with Crippen LogP contribution in [0.5, 0.6) is 0 Å². The Morgan fingerprint density at radius 1 is 1.14 bits per heavy atom. The van der Waals surface area contributed by atoms with Crippen molar-refractivity contribution < 1.29 is 12.8 Å². The number of pyridine rings is 2. The number of nitrogens with one attached hydrogen (secondary N) is 2. The molecule has 0 spiro atoms. The van der Waals surface area contributed by atoms with Gasteiger partial charge >= 0.3 is 0 Å². The first-order chi connectivity index (χ1) is 12.8. The Labute approximate surface area is 178 Å². The maximum absolute atomic E-state index is 14.6. The molecule has 0 saturated carbocycles. The van der Waals surface area contributed by atoms with Crippen molar-refractivity contribution in [3.8, 4) is 0 Å². The van der Waals surface area contributed by atoms with Crippen LogP contribution in [0, 0.1) is 5.82 Å². The highest BCUT2D eigenvalue weighted by atomic mass is 35.5. The Bertz CT molecular complexity index is 1220. The fourth-order valence-electron chi connectivity index (χ4n) is 3.18. The second-order valence-corrected chi connectivity index (χ2v) is 7.84. The second kappa shape index (κ2) is 8.64. The van der Waals surface area contributed by atoms with Gasteiger partial charge in [-0.15, -0.1) is 24.8 Å². The molecule has 0 unspecified atom stereocenters. The van der Waals surface area contributed by atoms with Gasteiger partial charge < -0.3 is 10.3 Å². The third-order valence-corrected chi connectivity index (χ3v) is 5.56. The maximum Gasteiger partial charge on any atom is 0.277 e. The van der Waals surface area contributed by atoms with Crippen molar-refractivity contribution >= 4 is 57.4 Å². The molecule has 29 heavy (non-hydrogen) atoms. The number of hydrogen-bond donors (Lipinski definition) is 3. The zero-order valence-electron chi connectivity index (χ0n) is 14.9. The minimum Gasteiger partial charge on any atom is -0.352 e. The zero-order chi connectivity index (χ0) is 19.2. The maximum atomic E-state index is 14.6. The van der Waals surface area contributed by atoms with E-state index >= 15 is 0 Å². The minimum absolute atomic E-state index is 0. The normalized spacial score (nSPS) is 13.9. The summed E-state index contributed by atoms with van der Waals surface area (Å²) in [7, 11) is -3.81. The molecule has 3 heterocycles. The Morgan fingerprint density at radius 2 is 1.90 bits per heavy atom. The molecule has 0 atom stereocenters. The van der Waals surface area contributed by atoms with Gasteiger partial charge in [-0.1, -0.05) is 0 Å². The molecule has 0 amide bonds. The van der Waals surface area contributed by atoms with Gasteiger partial charge in [0.05, 0.1) is 11.4 Å². The molecule has 1 aliphatic rings.